The molecule has 0 bridgehead atoms. The molecule has 154 valence electrons. The van der Waals surface area contributed by atoms with Crippen LogP contribution in [0.25, 0.3) is 5.65 Å². The van der Waals surface area contributed by atoms with Gasteiger partial charge in [0.2, 0.25) is 0 Å². The number of nitrogens with zero attached hydrogens (tertiary/aromatic N) is 3. The van der Waals surface area contributed by atoms with Gasteiger partial charge in [0, 0.05) is 23.0 Å². The SMILES string of the molecule is Cc1ccc(C#Cc2cnc3cccnn23)cc1NC(=O)c1cccc(C(F)(F)F)c1. The van der Waals surface area contributed by atoms with E-state index >= 15 is 0 Å². The molecule has 8 heteroatoms. The van der Waals surface area contributed by atoms with Crippen LogP contribution in [-0.4, -0.2) is 20.5 Å². The number of benzene rings is 2. The molecule has 2 aromatic heterocycles. The van der Waals surface area contributed by atoms with Gasteiger partial charge in [0.25, 0.3) is 5.91 Å². The number of carbonyl (C=O) groups excluding carboxylic acids is 1. The second kappa shape index (κ2) is 7.95. The molecule has 2 heterocycles. The predicted octanol–water partition coefficient (Wildman–Crippen LogP) is 4.71. The summed E-state index contributed by atoms with van der Waals surface area (Å²) in [6.45, 7) is 1.79. The summed E-state index contributed by atoms with van der Waals surface area (Å²) >= 11 is 0. The first-order chi connectivity index (χ1) is 14.8. The van der Waals surface area contributed by atoms with Crippen LogP contribution < -0.4 is 5.32 Å². The number of imidazole rings is 1. The van der Waals surface area contributed by atoms with E-state index in [1.807, 2.05) is 6.07 Å². The highest BCUT2D eigenvalue weighted by molar-refractivity contribution is 6.04. The van der Waals surface area contributed by atoms with Crippen molar-refractivity contribution in [1.82, 2.24) is 14.6 Å². The van der Waals surface area contributed by atoms with Crippen molar-refractivity contribution < 1.29 is 18.0 Å². The summed E-state index contributed by atoms with van der Waals surface area (Å²) in [6, 6.07) is 13.1. The Morgan fingerprint density at radius 2 is 1.90 bits per heavy atom. The third-order valence-corrected chi connectivity index (χ3v) is 4.55. The first kappa shape index (κ1) is 20.2. The molecule has 5 nitrogen and oxygen atoms in total. The Morgan fingerprint density at radius 1 is 1.06 bits per heavy atom. The summed E-state index contributed by atoms with van der Waals surface area (Å²) in [4.78, 5) is 16.7. The molecular formula is C23H15F3N4O. The van der Waals surface area contributed by atoms with Crippen molar-refractivity contribution in [3.05, 3.63) is 94.9 Å². The first-order valence-electron chi connectivity index (χ1n) is 9.21. The van der Waals surface area contributed by atoms with Crippen LogP contribution in [0.4, 0.5) is 18.9 Å². The van der Waals surface area contributed by atoms with Gasteiger partial charge in [-0.3, -0.25) is 4.79 Å². The Bertz CT molecular complexity index is 1350. The number of amides is 1. The van der Waals surface area contributed by atoms with Crippen LogP contribution >= 0.6 is 0 Å². The zero-order valence-electron chi connectivity index (χ0n) is 16.2. The molecule has 1 amide bonds. The average molecular weight is 420 g/mol. The number of rotatable bonds is 2. The zero-order valence-corrected chi connectivity index (χ0v) is 16.2. The van der Waals surface area contributed by atoms with Crippen molar-refractivity contribution in [2.75, 3.05) is 5.32 Å². The number of hydrogen-bond acceptors (Lipinski definition) is 3. The predicted molar refractivity (Wildman–Crippen MR) is 110 cm³/mol. The molecule has 4 aromatic rings. The van der Waals surface area contributed by atoms with E-state index in [2.05, 4.69) is 27.2 Å². The molecule has 0 aliphatic heterocycles. The van der Waals surface area contributed by atoms with Crippen LogP contribution in [0.5, 0.6) is 0 Å². The summed E-state index contributed by atoms with van der Waals surface area (Å²) < 4.78 is 40.4. The number of alkyl halides is 3. The van der Waals surface area contributed by atoms with Gasteiger partial charge in [0.15, 0.2) is 5.65 Å². The zero-order chi connectivity index (χ0) is 22.0. The number of aryl methyl sites for hydroxylation is 1. The molecule has 0 saturated heterocycles. The Labute approximate surface area is 175 Å². The number of halogens is 3. The monoisotopic (exact) mass is 420 g/mol. The van der Waals surface area contributed by atoms with E-state index < -0.39 is 17.6 Å². The number of anilines is 1. The van der Waals surface area contributed by atoms with E-state index in [0.29, 0.717) is 22.6 Å². The van der Waals surface area contributed by atoms with Gasteiger partial charge in [-0.25, -0.2) is 9.50 Å². The normalized spacial score (nSPS) is 11.1. The lowest BCUT2D eigenvalue weighted by Gasteiger charge is -2.11. The maximum absolute atomic E-state index is 12.9. The largest absolute Gasteiger partial charge is 0.416 e. The van der Waals surface area contributed by atoms with Gasteiger partial charge < -0.3 is 5.32 Å². The summed E-state index contributed by atoms with van der Waals surface area (Å²) in [5.41, 5.74) is 2.15. The average Bonchev–Trinajstić information content (AvgIpc) is 3.17. The Morgan fingerprint density at radius 3 is 2.71 bits per heavy atom. The molecule has 0 atom stereocenters. The van der Waals surface area contributed by atoms with Gasteiger partial charge in [0.1, 0.15) is 5.69 Å². The van der Waals surface area contributed by atoms with Gasteiger partial charge in [-0.15, -0.1) is 0 Å². The first-order valence-corrected chi connectivity index (χ1v) is 9.21. The number of aromatic nitrogens is 3. The molecule has 0 aliphatic carbocycles. The smallest absolute Gasteiger partial charge is 0.322 e. The maximum atomic E-state index is 12.9. The van der Waals surface area contributed by atoms with Gasteiger partial charge in [0.05, 0.1) is 11.8 Å². The van der Waals surface area contributed by atoms with Crippen molar-refractivity contribution in [2.45, 2.75) is 13.1 Å². The van der Waals surface area contributed by atoms with E-state index in [1.165, 1.54) is 12.1 Å². The molecule has 0 spiro atoms. The van der Waals surface area contributed by atoms with Crippen LogP contribution in [0, 0.1) is 18.8 Å². The second-order valence-electron chi connectivity index (χ2n) is 6.75. The fourth-order valence-corrected chi connectivity index (χ4v) is 2.92. The van der Waals surface area contributed by atoms with E-state index in [9.17, 15) is 18.0 Å². The lowest BCUT2D eigenvalue weighted by Crippen LogP contribution is -2.14. The number of carbonyl (C=O) groups is 1. The highest BCUT2D eigenvalue weighted by Gasteiger charge is 2.30. The summed E-state index contributed by atoms with van der Waals surface area (Å²) in [7, 11) is 0. The van der Waals surface area contributed by atoms with Crippen LogP contribution in [0.1, 0.15) is 32.7 Å². The quantitative estimate of drug-likeness (QED) is 0.478. The summed E-state index contributed by atoms with van der Waals surface area (Å²) in [6.07, 6.45) is -1.28. The molecule has 0 fully saturated rings. The summed E-state index contributed by atoms with van der Waals surface area (Å²) in [5.74, 6) is 5.35. The minimum absolute atomic E-state index is 0.0810. The molecule has 0 unspecified atom stereocenters. The van der Waals surface area contributed by atoms with Crippen LogP contribution in [0.15, 0.2) is 67.0 Å². The van der Waals surface area contributed by atoms with Crippen molar-refractivity contribution >= 4 is 17.2 Å². The third-order valence-electron chi connectivity index (χ3n) is 4.55. The molecule has 0 aliphatic rings. The highest BCUT2D eigenvalue weighted by Crippen LogP contribution is 2.29. The Balaban J connectivity index is 1.59. The highest BCUT2D eigenvalue weighted by atomic mass is 19.4. The lowest BCUT2D eigenvalue weighted by atomic mass is 10.1. The minimum Gasteiger partial charge on any atom is -0.322 e. The molecular weight excluding hydrogens is 405 g/mol. The number of fused-ring (bicyclic) bond motifs is 1. The fraction of sp³-hybridized carbons (Fsp3) is 0.0870. The second-order valence-corrected chi connectivity index (χ2v) is 6.75. The molecule has 4 rings (SSSR count). The van der Waals surface area contributed by atoms with Crippen molar-refractivity contribution in [3.8, 4) is 11.8 Å². The van der Waals surface area contributed by atoms with Crippen LogP contribution in [0.3, 0.4) is 0 Å². The molecule has 2 aromatic carbocycles. The van der Waals surface area contributed by atoms with Crippen molar-refractivity contribution in [1.29, 1.82) is 0 Å². The van der Waals surface area contributed by atoms with Gasteiger partial charge in [-0.05, 0) is 60.9 Å². The minimum atomic E-state index is -4.52. The molecule has 1 N–H and O–H groups in total. The fourth-order valence-electron chi connectivity index (χ4n) is 2.92. The molecule has 31 heavy (non-hydrogen) atoms. The van der Waals surface area contributed by atoms with E-state index in [1.54, 1.807) is 48.1 Å². The molecule has 0 radical (unpaired) electrons. The lowest BCUT2D eigenvalue weighted by molar-refractivity contribution is -0.137. The van der Waals surface area contributed by atoms with E-state index in [0.717, 1.165) is 17.7 Å². The van der Waals surface area contributed by atoms with Crippen LogP contribution in [0.2, 0.25) is 0 Å². The van der Waals surface area contributed by atoms with Crippen molar-refractivity contribution in [3.63, 3.8) is 0 Å². The van der Waals surface area contributed by atoms with E-state index in [-0.39, 0.29) is 5.56 Å². The van der Waals surface area contributed by atoms with Gasteiger partial charge >= 0.3 is 6.18 Å². The van der Waals surface area contributed by atoms with Gasteiger partial charge in [-0.1, -0.05) is 18.1 Å². The standard InChI is InChI=1S/C23H15F3N4O/c1-15-7-8-16(9-10-19-14-27-21-6-3-11-28-30(19)21)12-20(15)29-22(31)17-4-2-5-18(13-17)23(24,25)26/h2-8,11-14H,1H3,(H,29,31). The number of nitrogens with one attached hydrogen (secondary N) is 1. The summed E-state index contributed by atoms with van der Waals surface area (Å²) in [5, 5.41) is 6.86. The molecule has 0 saturated carbocycles. The Kier molecular flexibility index (Phi) is 5.17. The Hall–Kier alpha value is -4.12. The topological polar surface area (TPSA) is 59.3 Å². The number of hydrogen-bond donors (Lipinski definition) is 1. The van der Waals surface area contributed by atoms with E-state index in [4.69, 9.17) is 0 Å². The van der Waals surface area contributed by atoms with Crippen LogP contribution in [-0.2, 0) is 6.18 Å². The third kappa shape index (κ3) is 4.41. The van der Waals surface area contributed by atoms with Crippen molar-refractivity contribution in [2.24, 2.45) is 0 Å². The maximum Gasteiger partial charge on any atom is 0.416 e. The van der Waals surface area contributed by atoms with Gasteiger partial charge in [-0.2, -0.15) is 18.3 Å².